The Morgan fingerprint density at radius 3 is 2.59 bits per heavy atom. The molecule has 29 heavy (non-hydrogen) atoms. The van der Waals surface area contributed by atoms with Crippen LogP contribution in [-0.2, 0) is 11.2 Å². The van der Waals surface area contributed by atoms with Gasteiger partial charge in [-0.2, -0.15) is 0 Å². The lowest BCUT2D eigenvalue weighted by molar-refractivity contribution is -0.122. The summed E-state index contributed by atoms with van der Waals surface area (Å²) < 4.78 is 0. The Labute approximate surface area is 170 Å². The third-order valence-electron chi connectivity index (χ3n) is 5.43. The molecule has 1 aliphatic rings. The molecule has 2 N–H and O–H groups in total. The summed E-state index contributed by atoms with van der Waals surface area (Å²) in [5, 5.41) is 3.75. The van der Waals surface area contributed by atoms with Crippen LogP contribution in [-0.4, -0.2) is 40.4 Å². The molecule has 2 heterocycles. The van der Waals surface area contributed by atoms with Crippen LogP contribution < -0.4 is 10.9 Å². The summed E-state index contributed by atoms with van der Waals surface area (Å²) in [5.74, 6) is 0.508. The number of carbonyl (C=O) groups is 1. The number of amides is 1. The number of para-hydroxylation sites is 1. The Balaban J connectivity index is 1.42. The fraction of sp³-hybridized carbons (Fsp3) is 0.348. The summed E-state index contributed by atoms with van der Waals surface area (Å²) in [7, 11) is 0. The quantitative estimate of drug-likeness (QED) is 0.650. The molecular weight excluding hydrogens is 364 g/mol. The molecule has 0 saturated carbocycles. The smallest absolute Gasteiger partial charge is 0.258 e. The highest BCUT2D eigenvalue weighted by atomic mass is 16.1. The Kier molecular flexibility index (Phi) is 6.00. The third kappa shape index (κ3) is 4.90. The van der Waals surface area contributed by atoms with Crippen molar-refractivity contribution in [1.82, 2.24) is 20.2 Å². The number of hydrogen-bond donors (Lipinski definition) is 2. The van der Waals surface area contributed by atoms with Crippen molar-refractivity contribution in [3.8, 4) is 0 Å². The van der Waals surface area contributed by atoms with Crippen LogP contribution in [0, 0.1) is 0 Å². The van der Waals surface area contributed by atoms with Gasteiger partial charge in [-0.25, -0.2) is 4.98 Å². The van der Waals surface area contributed by atoms with Crippen molar-refractivity contribution >= 4 is 16.8 Å². The van der Waals surface area contributed by atoms with E-state index < -0.39 is 0 Å². The summed E-state index contributed by atoms with van der Waals surface area (Å²) in [5.41, 5.74) is 1.61. The zero-order valence-corrected chi connectivity index (χ0v) is 16.4. The third-order valence-corrected chi connectivity index (χ3v) is 5.43. The van der Waals surface area contributed by atoms with Crippen molar-refractivity contribution in [2.45, 2.75) is 31.7 Å². The van der Waals surface area contributed by atoms with Crippen molar-refractivity contribution < 1.29 is 4.79 Å². The average molecular weight is 390 g/mol. The molecule has 4 rings (SSSR count). The molecule has 1 unspecified atom stereocenters. The molecule has 6 heteroatoms. The highest BCUT2D eigenvalue weighted by Crippen LogP contribution is 2.18. The fourth-order valence-corrected chi connectivity index (χ4v) is 3.89. The predicted octanol–water partition coefficient (Wildman–Crippen LogP) is 2.81. The van der Waals surface area contributed by atoms with E-state index >= 15 is 0 Å². The molecule has 0 radical (unpaired) electrons. The summed E-state index contributed by atoms with van der Waals surface area (Å²) in [6.45, 7) is 2.99. The van der Waals surface area contributed by atoms with Crippen LogP contribution in [0.4, 0.5) is 0 Å². The van der Waals surface area contributed by atoms with Crippen molar-refractivity contribution in [3.05, 3.63) is 76.3 Å². The fourth-order valence-electron chi connectivity index (χ4n) is 3.89. The minimum Gasteiger partial charge on any atom is -0.348 e. The normalized spacial score (nSPS) is 15.4. The van der Waals surface area contributed by atoms with Gasteiger partial charge in [0, 0.05) is 19.4 Å². The van der Waals surface area contributed by atoms with Crippen LogP contribution in [0.15, 0.2) is 59.4 Å². The van der Waals surface area contributed by atoms with Crippen LogP contribution in [0.2, 0.25) is 0 Å². The number of nitrogens with one attached hydrogen (secondary N) is 2. The van der Waals surface area contributed by atoms with Crippen molar-refractivity contribution in [1.29, 1.82) is 0 Å². The summed E-state index contributed by atoms with van der Waals surface area (Å²) >= 11 is 0. The minimum absolute atomic E-state index is 0.0335. The standard InChI is InChI=1S/C23H26N4O2/c28-22(13-12-21-24-19-11-5-4-10-18(19)23(29)26-21)25-20(16-27-14-6-7-15-27)17-8-2-1-3-9-17/h1-5,8-11,20H,6-7,12-16H2,(H,25,28)(H,24,26,29). The van der Waals surface area contributed by atoms with Gasteiger partial charge >= 0.3 is 0 Å². The van der Waals surface area contributed by atoms with Gasteiger partial charge in [-0.3, -0.25) is 9.59 Å². The molecule has 1 aromatic heterocycles. The number of hydrogen-bond acceptors (Lipinski definition) is 4. The maximum atomic E-state index is 12.7. The first-order valence-electron chi connectivity index (χ1n) is 10.2. The lowest BCUT2D eigenvalue weighted by Gasteiger charge is -2.25. The molecule has 150 valence electrons. The van der Waals surface area contributed by atoms with Crippen LogP contribution in [0.5, 0.6) is 0 Å². The van der Waals surface area contributed by atoms with Crippen LogP contribution in [0.1, 0.15) is 36.7 Å². The van der Waals surface area contributed by atoms with Crippen molar-refractivity contribution in [2.24, 2.45) is 0 Å². The Morgan fingerprint density at radius 1 is 1.07 bits per heavy atom. The second-order valence-corrected chi connectivity index (χ2v) is 7.57. The molecular formula is C23H26N4O2. The molecule has 0 bridgehead atoms. The highest BCUT2D eigenvalue weighted by molar-refractivity contribution is 5.78. The van der Waals surface area contributed by atoms with Gasteiger partial charge in [-0.1, -0.05) is 42.5 Å². The molecule has 1 fully saturated rings. The summed E-state index contributed by atoms with van der Waals surface area (Å²) in [6.07, 6.45) is 3.12. The van der Waals surface area contributed by atoms with E-state index in [0.29, 0.717) is 23.1 Å². The molecule has 0 aliphatic carbocycles. The number of rotatable bonds is 7. The lowest BCUT2D eigenvalue weighted by Crippen LogP contribution is -2.37. The van der Waals surface area contributed by atoms with Gasteiger partial charge in [-0.15, -0.1) is 0 Å². The predicted molar refractivity (Wildman–Crippen MR) is 114 cm³/mol. The number of H-pyrrole nitrogens is 1. The SMILES string of the molecule is O=C(CCc1nc2ccccc2c(=O)[nH]1)NC(CN1CCCC1)c1ccccc1. The molecule has 3 aromatic rings. The minimum atomic E-state index is -0.165. The second-order valence-electron chi connectivity index (χ2n) is 7.57. The van der Waals surface area contributed by atoms with Gasteiger partial charge < -0.3 is 15.2 Å². The number of likely N-dealkylation sites (tertiary alicyclic amines) is 1. The van der Waals surface area contributed by atoms with E-state index in [0.717, 1.165) is 25.2 Å². The molecule has 1 aliphatic heterocycles. The molecule has 1 amide bonds. The number of aromatic amines is 1. The molecule has 0 spiro atoms. The van der Waals surface area contributed by atoms with Crippen LogP contribution in [0.25, 0.3) is 10.9 Å². The van der Waals surface area contributed by atoms with E-state index in [1.165, 1.54) is 12.8 Å². The van der Waals surface area contributed by atoms with Gasteiger partial charge in [0.1, 0.15) is 5.82 Å². The largest absolute Gasteiger partial charge is 0.348 e. The maximum absolute atomic E-state index is 12.7. The Hall–Kier alpha value is -2.99. The van der Waals surface area contributed by atoms with Gasteiger partial charge in [-0.05, 0) is 43.6 Å². The lowest BCUT2D eigenvalue weighted by atomic mass is 10.1. The van der Waals surface area contributed by atoms with E-state index in [9.17, 15) is 9.59 Å². The number of nitrogens with zero attached hydrogens (tertiary/aromatic N) is 2. The molecule has 1 saturated heterocycles. The van der Waals surface area contributed by atoms with E-state index in [4.69, 9.17) is 0 Å². The van der Waals surface area contributed by atoms with Gasteiger partial charge in [0.15, 0.2) is 0 Å². The summed E-state index contributed by atoms with van der Waals surface area (Å²) in [4.78, 5) is 34.6. The maximum Gasteiger partial charge on any atom is 0.258 e. The van der Waals surface area contributed by atoms with E-state index in [1.807, 2.05) is 36.4 Å². The van der Waals surface area contributed by atoms with Gasteiger partial charge in [0.05, 0.1) is 16.9 Å². The first-order chi connectivity index (χ1) is 14.2. The number of aromatic nitrogens is 2. The van der Waals surface area contributed by atoms with Crippen molar-refractivity contribution in [2.75, 3.05) is 19.6 Å². The number of benzene rings is 2. The molecule has 1 atom stereocenters. The molecule has 2 aromatic carbocycles. The Morgan fingerprint density at radius 2 is 1.79 bits per heavy atom. The zero-order valence-electron chi connectivity index (χ0n) is 16.4. The van der Waals surface area contributed by atoms with E-state index in [1.54, 1.807) is 6.07 Å². The highest BCUT2D eigenvalue weighted by Gasteiger charge is 2.20. The first kappa shape index (κ1) is 19.3. The number of fused-ring (bicyclic) bond motifs is 1. The Bertz CT molecular complexity index is 1030. The summed E-state index contributed by atoms with van der Waals surface area (Å²) in [6, 6.07) is 17.3. The van der Waals surface area contributed by atoms with E-state index in [-0.39, 0.29) is 23.9 Å². The van der Waals surface area contributed by atoms with Gasteiger partial charge in [0.25, 0.3) is 5.56 Å². The first-order valence-corrected chi connectivity index (χ1v) is 10.2. The zero-order chi connectivity index (χ0) is 20.1. The van der Waals surface area contributed by atoms with E-state index in [2.05, 4.69) is 32.3 Å². The topological polar surface area (TPSA) is 78.1 Å². The number of carbonyl (C=O) groups excluding carboxylic acids is 1. The molecule has 6 nitrogen and oxygen atoms in total. The van der Waals surface area contributed by atoms with Crippen molar-refractivity contribution in [3.63, 3.8) is 0 Å². The van der Waals surface area contributed by atoms with Gasteiger partial charge in [0.2, 0.25) is 5.91 Å². The van der Waals surface area contributed by atoms with Crippen LogP contribution in [0.3, 0.4) is 0 Å². The average Bonchev–Trinajstić information content (AvgIpc) is 3.26. The monoisotopic (exact) mass is 390 g/mol. The second kappa shape index (κ2) is 9.01. The number of aryl methyl sites for hydroxylation is 1. The van der Waals surface area contributed by atoms with Crippen LogP contribution >= 0.6 is 0 Å².